The Morgan fingerprint density at radius 1 is 1.00 bits per heavy atom. The van der Waals surface area contributed by atoms with Crippen LogP contribution in [0.2, 0.25) is 0 Å². The number of benzene rings is 2. The Labute approximate surface area is 151 Å². The van der Waals surface area contributed by atoms with E-state index < -0.39 is 0 Å². The van der Waals surface area contributed by atoms with Crippen molar-refractivity contribution in [1.29, 1.82) is 0 Å². The molecular formula is C22H30O3. The number of hydrogen-bond acceptors (Lipinski definition) is 3. The topological polar surface area (TPSA) is 46.5 Å². The lowest BCUT2D eigenvalue weighted by molar-refractivity contribution is -0.155. The Morgan fingerprint density at radius 3 is 2.20 bits per heavy atom. The van der Waals surface area contributed by atoms with Gasteiger partial charge >= 0.3 is 5.97 Å². The molecule has 0 radical (unpaired) electrons. The van der Waals surface area contributed by atoms with Crippen molar-refractivity contribution < 1.29 is 14.6 Å². The number of phenols is 1. The number of phenolic OH excluding ortho intramolecular Hbond substituents is 1. The zero-order chi connectivity index (χ0) is 18.8. The van der Waals surface area contributed by atoms with E-state index in [-0.39, 0.29) is 35.1 Å². The van der Waals surface area contributed by atoms with Crippen LogP contribution in [-0.2, 0) is 16.1 Å². The highest BCUT2D eigenvalue weighted by Gasteiger charge is 2.35. The molecule has 0 bridgehead atoms. The zero-order valence-corrected chi connectivity index (χ0v) is 16.2. The lowest BCUT2D eigenvalue weighted by Crippen LogP contribution is -2.33. The van der Waals surface area contributed by atoms with Crippen molar-refractivity contribution in [2.24, 2.45) is 16.7 Å². The first-order chi connectivity index (χ1) is 11.5. The van der Waals surface area contributed by atoms with E-state index in [1.165, 1.54) is 0 Å². The van der Waals surface area contributed by atoms with E-state index in [0.29, 0.717) is 0 Å². The molecule has 25 heavy (non-hydrogen) atoms. The molecule has 0 amide bonds. The molecule has 1 N–H and O–H groups in total. The van der Waals surface area contributed by atoms with Gasteiger partial charge < -0.3 is 9.84 Å². The van der Waals surface area contributed by atoms with Crippen LogP contribution in [-0.4, -0.2) is 11.1 Å². The summed E-state index contributed by atoms with van der Waals surface area (Å²) >= 11 is 0. The van der Waals surface area contributed by atoms with Crippen LogP contribution < -0.4 is 0 Å². The van der Waals surface area contributed by atoms with E-state index in [9.17, 15) is 9.90 Å². The molecule has 0 aliphatic carbocycles. The molecule has 0 saturated carbocycles. The minimum atomic E-state index is -0.157. The van der Waals surface area contributed by atoms with Gasteiger partial charge in [-0.2, -0.15) is 0 Å². The van der Waals surface area contributed by atoms with E-state index in [4.69, 9.17) is 4.74 Å². The molecule has 1 atom stereocenters. The van der Waals surface area contributed by atoms with E-state index >= 15 is 0 Å². The molecule has 0 spiro atoms. The monoisotopic (exact) mass is 342 g/mol. The van der Waals surface area contributed by atoms with E-state index in [1.54, 1.807) is 12.1 Å². The third-order valence-corrected chi connectivity index (χ3v) is 4.51. The van der Waals surface area contributed by atoms with Crippen LogP contribution in [0.3, 0.4) is 0 Å². The van der Waals surface area contributed by atoms with Gasteiger partial charge in [-0.1, -0.05) is 71.9 Å². The summed E-state index contributed by atoms with van der Waals surface area (Å²) < 4.78 is 5.69. The Bertz CT molecular complexity index is 748. The molecule has 1 unspecified atom stereocenters. The SMILES string of the molecule is CC(C)(C)CC(C(=O)OCc1cccc2c(O)cccc12)C(C)(C)C. The number of aromatic hydroxyl groups is 1. The first-order valence-electron chi connectivity index (χ1n) is 8.85. The highest BCUT2D eigenvalue weighted by molar-refractivity contribution is 5.90. The Balaban J connectivity index is 2.19. The average Bonchev–Trinajstić information content (AvgIpc) is 2.49. The van der Waals surface area contributed by atoms with Crippen LogP contribution in [0.25, 0.3) is 10.8 Å². The Kier molecular flexibility index (Phi) is 5.46. The predicted octanol–water partition coefficient (Wildman–Crippen LogP) is 5.69. The second-order valence-corrected chi connectivity index (χ2v) is 9.08. The van der Waals surface area contributed by atoms with Crippen LogP contribution in [0.4, 0.5) is 0 Å². The third-order valence-electron chi connectivity index (χ3n) is 4.51. The van der Waals surface area contributed by atoms with Crippen molar-refractivity contribution in [2.45, 2.75) is 54.6 Å². The van der Waals surface area contributed by atoms with Crippen LogP contribution in [0.1, 0.15) is 53.5 Å². The molecule has 2 rings (SSSR count). The highest BCUT2D eigenvalue weighted by atomic mass is 16.5. The second kappa shape index (κ2) is 7.07. The van der Waals surface area contributed by atoms with Crippen molar-refractivity contribution in [3.05, 3.63) is 42.0 Å². The smallest absolute Gasteiger partial charge is 0.309 e. The van der Waals surface area contributed by atoms with Gasteiger partial charge in [0.15, 0.2) is 0 Å². The largest absolute Gasteiger partial charge is 0.507 e. The first kappa shape index (κ1) is 19.3. The Morgan fingerprint density at radius 2 is 1.60 bits per heavy atom. The molecule has 3 nitrogen and oxygen atoms in total. The molecular weight excluding hydrogens is 312 g/mol. The summed E-state index contributed by atoms with van der Waals surface area (Å²) in [6.45, 7) is 12.9. The summed E-state index contributed by atoms with van der Waals surface area (Å²) in [6, 6.07) is 11.1. The minimum Gasteiger partial charge on any atom is -0.507 e. The molecule has 136 valence electrons. The molecule has 0 heterocycles. The van der Waals surface area contributed by atoms with Crippen molar-refractivity contribution in [1.82, 2.24) is 0 Å². The van der Waals surface area contributed by atoms with Gasteiger partial charge in [0.2, 0.25) is 0 Å². The van der Waals surface area contributed by atoms with Crippen molar-refractivity contribution in [3.8, 4) is 5.75 Å². The highest BCUT2D eigenvalue weighted by Crippen LogP contribution is 2.37. The normalized spacial score (nSPS) is 13.7. The van der Waals surface area contributed by atoms with Crippen LogP contribution >= 0.6 is 0 Å². The lowest BCUT2D eigenvalue weighted by Gasteiger charge is -2.33. The van der Waals surface area contributed by atoms with Gasteiger partial charge in [0.1, 0.15) is 12.4 Å². The lowest BCUT2D eigenvalue weighted by atomic mass is 9.72. The standard InChI is InChI=1S/C22H30O3/c1-21(2,3)13-18(22(4,5)6)20(24)25-14-15-9-7-11-17-16(15)10-8-12-19(17)23/h7-12,18,23H,13-14H2,1-6H3. The molecule has 0 saturated heterocycles. The summed E-state index contributed by atoms with van der Waals surface area (Å²) in [5.41, 5.74) is 0.814. The van der Waals surface area contributed by atoms with Crippen LogP contribution in [0, 0.1) is 16.7 Å². The maximum absolute atomic E-state index is 12.8. The number of fused-ring (bicyclic) bond motifs is 1. The van der Waals surface area contributed by atoms with Gasteiger partial charge in [-0.15, -0.1) is 0 Å². The summed E-state index contributed by atoms with van der Waals surface area (Å²) in [4.78, 5) is 12.8. The minimum absolute atomic E-state index is 0.0577. The molecule has 0 aliphatic rings. The maximum Gasteiger partial charge on any atom is 0.309 e. The fourth-order valence-electron chi connectivity index (χ4n) is 3.09. The predicted molar refractivity (Wildman–Crippen MR) is 102 cm³/mol. The third kappa shape index (κ3) is 4.97. The molecule has 0 fully saturated rings. The van der Waals surface area contributed by atoms with Crippen LogP contribution in [0.15, 0.2) is 36.4 Å². The Hall–Kier alpha value is -2.03. The second-order valence-electron chi connectivity index (χ2n) is 9.08. The molecule has 0 aromatic heterocycles. The fourth-order valence-corrected chi connectivity index (χ4v) is 3.09. The molecule has 2 aromatic rings. The average molecular weight is 342 g/mol. The van der Waals surface area contributed by atoms with Gasteiger partial charge in [0, 0.05) is 5.39 Å². The van der Waals surface area contributed by atoms with Gasteiger partial charge in [0.25, 0.3) is 0 Å². The number of esters is 1. The number of carbonyl (C=O) groups is 1. The molecule has 0 aliphatic heterocycles. The summed E-state index contributed by atoms with van der Waals surface area (Å²) in [7, 11) is 0. The quantitative estimate of drug-likeness (QED) is 0.726. The van der Waals surface area contributed by atoms with Crippen molar-refractivity contribution >= 4 is 16.7 Å². The van der Waals surface area contributed by atoms with E-state index in [2.05, 4.69) is 41.5 Å². The summed E-state index contributed by atoms with van der Waals surface area (Å²) in [6.07, 6.45) is 0.783. The van der Waals surface area contributed by atoms with E-state index in [0.717, 1.165) is 22.8 Å². The number of rotatable bonds is 4. The summed E-state index contributed by atoms with van der Waals surface area (Å²) in [5, 5.41) is 11.7. The van der Waals surface area contributed by atoms with Crippen molar-refractivity contribution in [2.75, 3.05) is 0 Å². The number of ether oxygens (including phenoxy) is 1. The fraction of sp³-hybridized carbons (Fsp3) is 0.500. The molecule has 2 aromatic carbocycles. The van der Waals surface area contributed by atoms with Crippen molar-refractivity contribution in [3.63, 3.8) is 0 Å². The van der Waals surface area contributed by atoms with Gasteiger partial charge in [-0.05, 0) is 34.3 Å². The maximum atomic E-state index is 12.8. The van der Waals surface area contributed by atoms with E-state index in [1.807, 2.05) is 24.3 Å². The van der Waals surface area contributed by atoms with Gasteiger partial charge in [0.05, 0.1) is 5.92 Å². The zero-order valence-electron chi connectivity index (χ0n) is 16.2. The first-order valence-corrected chi connectivity index (χ1v) is 8.85. The van der Waals surface area contributed by atoms with Crippen LogP contribution in [0.5, 0.6) is 5.75 Å². The number of carbonyl (C=O) groups excluding carboxylic acids is 1. The summed E-state index contributed by atoms with van der Waals surface area (Å²) in [5.74, 6) is -0.0681. The van der Waals surface area contributed by atoms with Gasteiger partial charge in [-0.25, -0.2) is 0 Å². The van der Waals surface area contributed by atoms with Gasteiger partial charge in [-0.3, -0.25) is 4.79 Å². The molecule has 3 heteroatoms. The number of hydrogen-bond donors (Lipinski definition) is 1.